The first-order valence-electron chi connectivity index (χ1n) is 7.44. The van der Waals surface area contributed by atoms with Crippen molar-refractivity contribution in [1.82, 2.24) is 4.68 Å². The fourth-order valence-electron chi connectivity index (χ4n) is 2.16. The highest BCUT2D eigenvalue weighted by molar-refractivity contribution is 7.07. The van der Waals surface area contributed by atoms with E-state index in [1.165, 1.54) is 29.7 Å². The van der Waals surface area contributed by atoms with Gasteiger partial charge in [0.1, 0.15) is 4.92 Å². The summed E-state index contributed by atoms with van der Waals surface area (Å²) in [6, 6.07) is 7.89. The average molecular weight is 411 g/mol. The second-order valence-electron chi connectivity index (χ2n) is 4.99. The van der Waals surface area contributed by atoms with Crippen molar-refractivity contribution in [3.05, 3.63) is 66.4 Å². The lowest BCUT2D eigenvalue weighted by molar-refractivity contribution is -0.402. The first-order chi connectivity index (χ1) is 12.5. The molecular weight excluding hydrogens is 399 g/mol. The zero-order chi connectivity index (χ0) is 18.7. The van der Waals surface area contributed by atoms with E-state index in [0.29, 0.717) is 32.6 Å². The van der Waals surface area contributed by atoms with Crippen LogP contribution < -0.4 is 4.80 Å². The summed E-state index contributed by atoms with van der Waals surface area (Å²) in [6.45, 7) is 2.49. The van der Waals surface area contributed by atoms with Crippen LogP contribution >= 0.6 is 34.5 Å². The molecule has 26 heavy (non-hydrogen) atoms. The van der Waals surface area contributed by atoms with Crippen molar-refractivity contribution in [2.75, 3.05) is 6.54 Å². The van der Waals surface area contributed by atoms with E-state index in [0.717, 1.165) is 0 Å². The number of halogens is 2. The molecule has 0 aliphatic heterocycles. The quantitative estimate of drug-likeness (QED) is 0.342. The van der Waals surface area contributed by atoms with Crippen LogP contribution in [-0.2, 0) is 0 Å². The van der Waals surface area contributed by atoms with Crippen LogP contribution in [0.15, 0.2) is 50.2 Å². The molecule has 2 heterocycles. The molecule has 3 rings (SSSR count). The van der Waals surface area contributed by atoms with Gasteiger partial charge in [-0.2, -0.15) is 5.10 Å². The zero-order valence-corrected chi connectivity index (χ0v) is 15.8. The molecule has 0 atom stereocenters. The van der Waals surface area contributed by atoms with Crippen LogP contribution in [0.3, 0.4) is 0 Å². The number of hydrogen-bond donors (Lipinski definition) is 0. The van der Waals surface area contributed by atoms with E-state index in [4.69, 9.17) is 27.6 Å². The molecule has 0 saturated heterocycles. The van der Waals surface area contributed by atoms with Gasteiger partial charge in [0.15, 0.2) is 5.76 Å². The molecular formula is C16H12Cl2N4O3S. The van der Waals surface area contributed by atoms with E-state index < -0.39 is 4.92 Å². The van der Waals surface area contributed by atoms with Crippen molar-refractivity contribution in [1.29, 1.82) is 0 Å². The lowest BCUT2D eigenvalue weighted by Crippen LogP contribution is -2.12. The monoisotopic (exact) mass is 410 g/mol. The van der Waals surface area contributed by atoms with Gasteiger partial charge in [-0.25, -0.2) is 4.68 Å². The fraction of sp³-hybridized carbons (Fsp3) is 0.125. The SMILES string of the molecule is CCN=c1scc(-c2cc(Cl)ccc2Cl)n1N=Cc1ccc([N+](=O)[O-])o1. The molecule has 0 saturated carbocycles. The summed E-state index contributed by atoms with van der Waals surface area (Å²) in [6.07, 6.45) is 1.39. The van der Waals surface area contributed by atoms with E-state index in [-0.39, 0.29) is 11.6 Å². The van der Waals surface area contributed by atoms with Gasteiger partial charge in [0.25, 0.3) is 0 Å². The summed E-state index contributed by atoms with van der Waals surface area (Å²) < 4.78 is 6.69. The van der Waals surface area contributed by atoms with Crippen molar-refractivity contribution in [2.45, 2.75) is 6.92 Å². The minimum atomic E-state index is -0.607. The van der Waals surface area contributed by atoms with Crippen LogP contribution in [0.5, 0.6) is 0 Å². The smallest absolute Gasteiger partial charge is 0.400 e. The van der Waals surface area contributed by atoms with Crippen LogP contribution in [0.2, 0.25) is 10.0 Å². The minimum Gasteiger partial charge on any atom is -0.400 e. The summed E-state index contributed by atoms with van der Waals surface area (Å²) in [4.78, 5) is 15.2. The molecule has 0 radical (unpaired) electrons. The molecule has 0 spiro atoms. The summed E-state index contributed by atoms with van der Waals surface area (Å²) >= 11 is 13.8. The van der Waals surface area contributed by atoms with Gasteiger partial charge in [0.05, 0.1) is 23.0 Å². The molecule has 134 valence electrons. The molecule has 2 aromatic heterocycles. The van der Waals surface area contributed by atoms with Gasteiger partial charge in [-0.1, -0.05) is 23.2 Å². The number of furan rings is 1. The Labute approximate surface area is 162 Å². The molecule has 1 aromatic carbocycles. The standard InChI is InChI=1S/C16H12Cl2N4O3S/c1-2-19-16-21(20-8-11-4-6-15(25-11)22(23)24)14(9-26-16)12-7-10(17)3-5-13(12)18/h3-9H,2H2,1H3. The number of rotatable bonds is 5. The van der Waals surface area contributed by atoms with Gasteiger partial charge in [-0.05, 0) is 31.2 Å². The van der Waals surface area contributed by atoms with E-state index in [1.807, 2.05) is 12.3 Å². The van der Waals surface area contributed by atoms with Crippen LogP contribution in [0.1, 0.15) is 12.7 Å². The van der Waals surface area contributed by atoms with Crippen molar-refractivity contribution in [2.24, 2.45) is 10.1 Å². The van der Waals surface area contributed by atoms with Crippen LogP contribution in [-0.4, -0.2) is 22.4 Å². The summed E-state index contributed by atoms with van der Waals surface area (Å²) in [7, 11) is 0. The maximum absolute atomic E-state index is 10.7. The molecule has 3 aromatic rings. The fourth-order valence-corrected chi connectivity index (χ4v) is 3.44. The van der Waals surface area contributed by atoms with Crippen molar-refractivity contribution >= 4 is 46.6 Å². The molecule has 0 amide bonds. The summed E-state index contributed by atoms with van der Waals surface area (Å²) in [5.41, 5.74) is 1.41. The molecule has 10 heteroatoms. The van der Waals surface area contributed by atoms with Gasteiger partial charge in [-0.15, -0.1) is 11.3 Å². The minimum absolute atomic E-state index is 0.251. The third-order valence-corrected chi connectivity index (χ3v) is 4.69. The number of hydrogen-bond acceptors (Lipinski definition) is 6. The van der Waals surface area contributed by atoms with Gasteiger partial charge in [0, 0.05) is 22.5 Å². The molecule has 0 aliphatic carbocycles. The predicted octanol–water partition coefficient (Wildman–Crippen LogP) is 4.83. The highest BCUT2D eigenvalue weighted by Crippen LogP contribution is 2.31. The van der Waals surface area contributed by atoms with E-state index in [9.17, 15) is 10.1 Å². The third-order valence-electron chi connectivity index (χ3n) is 3.28. The van der Waals surface area contributed by atoms with E-state index in [1.54, 1.807) is 22.9 Å². The summed E-state index contributed by atoms with van der Waals surface area (Å²) in [5.74, 6) is -0.0978. The maximum atomic E-state index is 10.7. The topological polar surface area (TPSA) is 85.9 Å². The Bertz CT molecular complexity index is 1050. The van der Waals surface area contributed by atoms with Gasteiger partial charge in [0.2, 0.25) is 4.80 Å². The van der Waals surface area contributed by atoms with Crippen LogP contribution in [0.4, 0.5) is 5.88 Å². The molecule has 0 bridgehead atoms. The highest BCUT2D eigenvalue weighted by Gasteiger charge is 2.13. The molecule has 7 nitrogen and oxygen atoms in total. The van der Waals surface area contributed by atoms with Crippen molar-refractivity contribution in [3.8, 4) is 11.3 Å². The molecule has 0 N–H and O–H groups in total. The molecule has 0 fully saturated rings. The number of benzene rings is 1. The van der Waals surface area contributed by atoms with Gasteiger partial charge in [-0.3, -0.25) is 15.1 Å². The second-order valence-corrected chi connectivity index (χ2v) is 6.67. The third kappa shape index (κ3) is 3.87. The number of thiazole rings is 1. The second kappa shape index (κ2) is 7.86. The van der Waals surface area contributed by atoms with Crippen LogP contribution in [0, 0.1) is 10.1 Å². The number of nitro groups is 1. The van der Waals surface area contributed by atoms with Gasteiger partial charge < -0.3 is 4.42 Å². The van der Waals surface area contributed by atoms with Crippen molar-refractivity contribution in [3.63, 3.8) is 0 Å². The highest BCUT2D eigenvalue weighted by atomic mass is 35.5. The predicted molar refractivity (Wildman–Crippen MR) is 102 cm³/mol. The first kappa shape index (κ1) is 18.4. The Morgan fingerprint density at radius 3 is 2.85 bits per heavy atom. The van der Waals surface area contributed by atoms with Crippen LogP contribution in [0.25, 0.3) is 11.3 Å². The lowest BCUT2D eigenvalue weighted by Gasteiger charge is -2.06. The van der Waals surface area contributed by atoms with Crippen molar-refractivity contribution < 1.29 is 9.34 Å². The Morgan fingerprint density at radius 2 is 2.15 bits per heavy atom. The van der Waals surface area contributed by atoms with E-state index in [2.05, 4.69) is 10.1 Å². The maximum Gasteiger partial charge on any atom is 0.433 e. The Kier molecular flexibility index (Phi) is 5.55. The van der Waals surface area contributed by atoms with E-state index >= 15 is 0 Å². The lowest BCUT2D eigenvalue weighted by atomic mass is 10.2. The number of aromatic nitrogens is 1. The Hall–Kier alpha value is -2.42. The first-order valence-corrected chi connectivity index (χ1v) is 9.08. The normalized spacial score (nSPS) is 12.2. The zero-order valence-electron chi connectivity index (χ0n) is 13.4. The Balaban J connectivity index is 2.08. The molecule has 0 aliphatic rings. The largest absolute Gasteiger partial charge is 0.433 e. The molecule has 0 unspecified atom stereocenters. The van der Waals surface area contributed by atoms with Gasteiger partial charge >= 0.3 is 5.88 Å². The Morgan fingerprint density at radius 1 is 1.35 bits per heavy atom. The summed E-state index contributed by atoms with van der Waals surface area (Å²) in [5, 5.41) is 18.0. The number of nitrogens with zero attached hydrogens (tertiary/aromatic N) is 4. The average Bonchev–Trinajstić information content (AvgIpc) is 3.23.